The van der Waals surface area contributed by atoms with Gasteiger partial charge >= 0.3 is 0 Å². The van der Waals surface area contributed by atoms with Crippen molar-refractivity contribution in [3.63, 3.8) is 0 Å². The highest BCUT2D eigenvalue weighted by Gasteiger charge is 2.35. The van der Waals surface area contributed by atoms with Gasteiger partial charge < -0.3 is 14.7 Å². The maximum absolute atomic E-state index is 10.5. The van der Waals surface area contributed by atoms with Gasteiger partial charge in [0, 0.05) is 18.9 Å². The predicted molar refractivity (Wildman–Crippen MR) is 74.3 cm³/mol. The van der Waals surface area contributed by atoms with Crippen molar-refractivity contribution in [2.75, 3.05) is 13.2 Å². The van der Waals surface area contributed by atoms with Gasteiger partial charge in [-0.25, -0.2) is 0 Å². The minimum atomic E-state index is -0.591. The Labute approximate surface area is 118 Å². The third-order valence-electron chi connectivity index (χ3n) is 4.02. The number of aliphatic hydroxyl groups excluding tert-OH is 1. The third-order valence-corrected chi connectivity index (χ3v) is 4.02. The van der Waals surface area contributed by atoms with Gasteiger partial charge in [0.1, 0.15) is 18.0 Å². The Hall–Kier alpha value is -1.83. The maximum atomic E-state index is 10.5. The summed E-state index contributed by atoms with van der Waals surface area (Å²) in [5, 5.41) is 19.8. The van der Waals surface area contributed by atoms with E-state index in [1.54, 1.807) is 0 Å². The van der Waals surface area contributed by atoms with Gasteiger partial charge in [-0.15, -0.1) is 0 Å². The molecular formula is C16H18N2O2. The number of allylic oxidation sites excluding steroid dienone is 1. The zero-order valence-corrected chi connectivity index (χ0v) is 11.3. The molecule has 3 atom stereocenters. The van der Waals surface area contributed by atoms with Gasteiger partial charge in [-0.05, 0) is 18.1 Å². The quantitative estimate of drug-likeness (QED) is 0.895. The second kappa shape index (κ2) is 5.66. The molecule has 1 fully saturated rings. The lowest BCUT2D eigenvalue weighted by molar-refractivity contribution is -0.0996. The maximum Gasteiger partial charge on any atom is 0.131 e. The minimum absolute atomic E-state index is 0.0771. The van der Waals surface area contributed by atoms with Crippen molar-refractivity contribution in [1.29, 1.82) is 5.26 Å². The van der Waals surface area contributed by atoms with Crippen LogP contribution in [0.3, 0.4) is 0 Å². The van der Waals surface area contributed by atoms with E-state index >= 15 is 0 Å². The van der Waals surface area contributed by atoms with Crippen molar-refractivity contribution in [1.82, 2.24) is 4.90 Å². The highest BCUT2D eigenvalue weighted by molar-refractivity contribution is 5.27. The van der Waals surface area contributed by atoms with E-state index in [-0.39, 0.29) is 12.1 Å². The molecule has 1 N–H and O–H groups in total. The first kappa shape index (κ1) is 13.2. The lowest BCUT2D eigenvalue weighted by Crippen LogP contribution is -2.46. The Morgan fingerprint density at radius 2 is 2.15 bits per heavy atom. The van der Waals surface area contributed by atoms with E-state index in [2.05, 4.69) is 6.07 Å². The highest BCUT2D eigenvalue weighted by atomic mass is 16.5. The van der Waals surface area contributed by atoms with Crippen LogP contribution in [-0.4, -0.2) is 29.4 Å². The van der Waals surface area contributed by atoms with Gasteiger partial charge in [-0.1, -0.05) is 30.3 Å². The molecule has 1 aromatic rings. The summed E-state index contributed by atoms with van der Waals surface area (Å²) in [6, 6.07) is 11.8. The van der Waals surface area contributed by atoms with Crippen LogP contribution < -0.4 is 0 Å². The summed E-state index contributed by atoms with van der Waals surface area (Å²) in [6.45, 7) is 1.59. The summed E-state index contributed by atoms with van der Waals surface area (Å²) in [7, 11) is 0. The van der Waals surface area contributed by atoms with Crippen LogP contribution in [0.25, 0.3) is 0 Å². The van der Waals surface area contributed by atoms with Gasteiger partial charge in [0.05, 0.1) is 12.7 Å². The number of ether oxygens (including phenoxy) is 1. The average molecular weight is 270 g/mol. The molecule has 4 nitrogen and oxygen atoms in total. The fourth-order valence-electron chi connectivity index (χ4n) is 2.98. The number of hydrogen-bond donors (Lipinski definition) is 1. The molecule has 2 aliphatic rings. The molecule has 0 aromatic heterocycles. The van der Waals surface area contributed by atoms with Crippen LogP contribution in [0.5, 0.6) is 0 Å². The number of nitrogens with zero attached hydrogens (tertiary/aromatic N) is 2. The van der Waals surface area contributed by atoms with Crippen molar-refractivity contribution in [3.8, 4) is 6.07 Å². The number of hydrogen-bond acceptors (Lipinski definition) is 4. The Kier molecular flexibility index (Phi) is 3.72. The summed E-state index contributed by atoms with van der Waals surface area (Å²) in [4.78, 5) is 2.01. The lowest BCUT2D eigenvalue weighted by Gasteiger charge is -2.42. The second-order valence-electron chi connectivity index (χ2n) is 5.29. The van der Waals surface area contributed by atoms with Gasteiger partial charge in [0.2, 0.25) is 0 Å². The number of benzene rings is 1. The smallest absolute Gasteiger partial charge is 0.131 e. The van der Waals surface area contributed by atoms with Crippen LogP contribution in [0.15, 0.2) is 42.1 Å². The van der Waals surface area contributed by atoms with E-state index in [1.807, 2.05) is 41.3 Å². The summed E-state index contributed by atoms with van der Waals surface area (Å²) in [5.41, 5.74) is 1.51. The molecule has 104 valence electrons. The molecule has 0 radical (unpaired) electrons. The Morgan fingerprint density at radius 1 is 1.35 bits per heavy atom. The van der Waals surface area contributed by atoms with Crippen LogP contribution in [0.1, 0.15) is 24.5 Å². The van der Waals surface area contributed by atoms with Gasteiger partial charge in [0.15, 0.2) is 0 Å². The molecule has 0 bridgehead atoms. The molecule has 1 aromatic carbocycles. The zero-order chi connectivity index (χ0) is 13.9. The summed E-state index contributed by atoms with van der Waals surface area (Å²) >= 11 is 0. The molecule has 0 saturated carbocycles. The molecule has 2 aliphatic heterocycles. The van der Waals surface area contributed by atoms with Crippen LogP contribution in [0.2, 0.25) is 0 Å². The lowest BCUT2D eigenvalue weighted by atomic mass is 9.88. The van der Waals surface area contributed by atoms with E-state index in [0.717, 1.165) is 31.6 Å². The van der Waals surface area contributed by atoms with Crippen LogP contribution >= 0.6 is 0 Å². The van der Waals surface area contributed by atoms with Crippen molar-refractivity contribution >= 4 is 0 Å². The molecule has 0 spiro atoms. The average Bonchev–Trinajstić information content (AvgIpc) is 2.54. The molecule has 4 heteroatoms. The normalized spacial score (nSPS) is 27.2. The molecular weight excluding hydrogens is 252 g/mol. The predicted octanol–water partition coefficient (Wildman–Crippen LogP) is 2.20. The van der Waals surface area contributed by atoms with E-state index < -0.39 is 6.10 Å². The first-order chi connectivity index (χ1) is 9.79. The van der Waals surface area contributed by atoms with Gasteiger partial charge in [0.25, 0.3) is 0 Å². The molecule has 3 rings (SSSR count). The monoisotopic (exact) mass is 270 g/mol. The van der Waals surface area contributed by atoms with Crippen molar-refractivity contribution in [2.24, 2.45) is 5.92 Å². The number of rotatable bonds is 2. The van der Waals surface area contributed by atoms with Gasteiger partial charge in [-0.3, -0.25) is 0 Å². The Morgan fingerprint density at radius 3 is 2.90 bits per heavy atom. The first-order valence-electron chi connectivity index (χ1n) is 7.03. The first-order valence-corrected chi connectivity index (χ1v) is 7.03. The molecule has 20 heavy (non-hydrogen) atoms. The van der Waals surface area contributed by atoms with Crippen LogP contribution in [-0.2, 0) is 4.74 Å². The summed E-state index contributed by atoms with van der Waals surface area (Å²) in [5.74, 6) is -0.0774. The summed E-state index contributed by atoms with van der Waals surface area (Å²) in [6.07, 6.45) is 2.89. The topological polar surface area (TPSA) is 56.5 Å². The van der Waals surface area contributed by atoms with E-state index in [0.29, 0.717) is 5.70 Å². The fourth-order valence-corrected chi connectivity index (χ4v) is 2.98. The molecule has 3 unspecified atom stereocenters. The molecule has 0 amide bonds. The van der Waals surface area contributed by atoms with Crippen molar-refractivity contribution in [2.45, 2.75) is 25.2 Å². The number of fused-ring (bicyclic) bond motifs is 1. The van der Waals surface area contributed by atoms with E-state index in [9.17, 15) is 10.4 Å². The third kappa shape index (κ3) is 2.43. The van der Waals surface area contributed by atoms with Crippen LogP contribution in [0, 0.1) is 17.2 Å². The largest absolute Gasteiger partial charge is 0.388 e. The molecule has 1 saturated heterocycles. The standard InChI is InChI=1S/C16H18N2O2/c17-11-14-9-13(10-15-18(14)7-4-8-20-15)16(19)12-5-2-1-3-6-12/h1-3,5-6,9,13,15-16,19H,4,7-8,10H2. The minimum Gasteiger partial charge on any atom is -0.388 e. The van der Waals surface area contributed by atoms with E-state index in [4.69, 9.17) is 4.74 Å². The van der Waals surface area contributed by atoms with Crippen molar-refractivity contribution < 1.29 is 9.84 Å². The number of nitriles is 1. The highest BCUT2D eigenvalue weighted by Crippen LogP contribution is 2.35. The van der Waals surface area contributed by atoms with Gasteiger partial charge in [-0.2, -0.15) is 5.26 Å². The second-order valence-corrected chi connectivity index (χ2v) is 5.29. The SMILES string of the molecule is N#CC1=CC(C(O)c2ccccc2)CC2OCCCN12. The number of aliphatic hydroxyl groups is 1. The van der Waals surface area contributed by atoms with E-state index in [1.165, 1.54) is 0 Å². The fraction of sp³-hybridized carbons (Fsp3) is 0.438. The summed E-state index contributed by atoms with van der Waals surface area (Å²) < 4.78 is 5.75. The van der Waals surface area contributed by atoms with Crippen molar-refractivity contribution in [3.05, 3.63) is 47.7 Å². The molecule has 0 aliphatic carbocycles. The Balaban J connectivity index is 1.85. The molecule has 2 heterocycles. The Bertz CT molecular complexity index is 535. The van der Waals surface area contributed by atoms with Crippen LogP contribution in [0.4, 0.5) is 0 Å². The zero-order valence-electron chi connectivity index (χ0n) is 11.3.